The van der Waals surface area contributed by atoms with E-state index in [0.717, 1.165) is 31.5 Å². The number of aryl methyl sites for hydroxylation is 1. The Morgan fingerprint density at radius 3 is 2.48 bits per heavy atom. The van der Waals surface area contributed by atoms with Crippen molar-refractivity contribution in [2.24, 2.45) is 0 Å². The van der Waals surface area contributed by atoms with Gasteiger partial charge in [0, 0.05) is 30.7 Å². The molecule has 2 heterocycles. The summed E-state index contributed by atoms with van der Waals surface area (Å²) < 4.78 is 48.3. The summed E-state index contributed by atoms with van der Waals surface area (Å²) in [4.78, 5) is 2.44. The van der Waals surface area contributed by atoms with Crippen LogP contribution in [0.5, 0.6) is 5.75 Å². The molecule has 1 aliphatic rings. The van der Waals surface area contributed by atoms with Crippen molar-refractivity contribution in [2.75, 3.05) is 20.1 Å². The van der Waals surface area contributed by atoms with Crippen LogP contribution in [0.1, 0.15) is 43.7 Å². The minimum absolute atomic E-state index is 0.0734. The number of fused-ring (bicyclic) bond motifs is 1. The van der Waals surface area contributed by atoms with Crippen LogP contribution in [0.2, 0.25) is 0 Å². The van der Waals surface area contributed by atoms with Crippen LogP contribution in [0.3, 0.4) is 0 Å². The van der Waals surface area contributed by atoms with Crippen LogP contribution in [0, 0.1) is 12.7 Å². The monoisotopic (exact) mass is 444 g/mol. The minimum atomic E-state index is -3.87. The molecule has 1 aromatic heterocycles. The summed E-state index contributed by atoms with van der Waals surface area (Å²) in [6.45, 7) is 7.85. The lowest BCUT2D eigenvalue weighted by Crippen LogP contribution is -2.35. The molecule has 1 saturated heterocycles. The van der Waals surface area contributed by atoms with Crippen molar-refractivity contribution >= 4 is 20.9 Å². The Labute approximate surface area is 183 Å². The van der Waals surface area contributed by atoms with Crippen LogP contribution >= 0.6 is 0 Å². The van der Waals surface area contributed by atoms with Gasteiger partial charge >= 0.3 is 0 Å². The van der Waals surface area contributed by atoms with E-state index in [9.17, 15) is 12.8 Å². The van der Waals surface area contributed by atoms with E-state index < -0.39 is 10.0 Å². The van der Waals surface area contributed by atoms with Crippen LogP contribution in [0.15, 0.2) is 47.5 Å². The maximum atomic E-state index is 13.7. The van der Waals surface area contributed by atoms with Gasteiger partial charge in [-0.1, -0.05) is 19.9 Å². The number of hydrogen-bond acceptors (Lipinski definition) is 4. The molecule has 31 heavy (non-hydrogen) atoms. The smallest absolute Gasteiger partial charge is 0.268 e. The molecule has 4 rings (SSSR count). The Morgan fingerprint density at radius 2 is 1.81 bits per heavy atom. The summed E-state index contributed by atoms with van der Waals surface area (Å²) in [6.07, 6.45) is 3.45. The lowest BCUT2D eigenvalue weighted by molar-refractivity contribution is 0.113. The van der Waals surface area contributed by atoms with E-state index in [0.29, 0.717) is 22.2 Å². The Balaban J connectivity index is 1.75. The van der Waals surface area contributed by atoms with Crippen LogP contribution in [0.4, 0.5) is 4.39 Å². The third kappa shape index (κ3) is 4.21. The Morgan fingerprint density at radius 1 is 1.10 bits per heavy atom. The largest absolute Gasteiger partial charge is 0.490 e. The van der Waals surface area contributed by atoms with Crippen molar-refractivity contribution in [1.29, 1.82) is 0 Å². The minimum Gasteiger partial charge on any atom is -0.490 e. The molecule has 3 aromatic rings. The lowest BCUT2D eigenvalue weighted by atomic mass is 10.0. The van der Waals surface area contributed by atoms with Crippen molar-refractivity contribution in [3.8, 4) is 5.75 Å². The summed E-state index contributed by atoms with van der Waals surface area (Å²) >= 11 is 0. The highest BCUT2D eigenvalue weighted by Gasteiger charge is 2.25. The average Bonchev–Trinajstić information content (AvgIpc) is 3.06. The quantitative estimate of drug-likeness (QED) is 0.560. The van der Waals surface area contributed by atoms with E-state index in [1.165, 1.54) is 22.2 Å². The molecule has 0 amide bonds. The average molecular weight is 445 g/mol. The zero-order valence-corrected chi connectivity index (χ0v) is 19.2. The van der Waals surface area contributed by atoms with Crippen molar-refractivity contribution in [3.63, 3.8) is 0 Å². The first kappa shape index (κ1) is 21.8. The predicted octanol–water partition coefficient (Wildman–Crippen LogP) is 4.92. The van der Waals surface area contributed by atoms with Crippen molar-refractivity contribution in [3.05, 3.63) is 59.5 Å². The molecule has 7 heteroatoms. The second kappa shape index (κ2) is 8.28. The van der Waals surface area contributed by atoms with Gasteiger partial charge in [-0.05, 0) is 68.1 Å². The summed E-state index contributed by atoms with van der Waals surface area (Å²) in [5.74, 6) is 0.446. The maximum absolute atomic E-state index is 13.7. The molecule has 0 bridgehead atoms. The molecule has 1 aliphatic heterocycles. The van der Waals surface area contributed by atoms with Gasteiger partial charge in [0.15, 0.2) is 0 Å². The van der Waals surface area contributed by atoms with E-state index in [4.69, 9.17) is 4.74 Å². The van der Waals surface area contributed by atoms with Crippen molar-refractivity contribution in [2.45, 2.75) is 50.5 Å². The van der Waals surface area contributed by atoms with Gasteiger partial charge < -0.3 is 9.64 Å². The molecule has 1 fully saturated rings. The topological polar surface area (TPSA) is 51.5 Å². The van der Waals surface area contributed by atoms with Crippen LogP contribution < -0.4 is 4.74 Å². The molecule has 166 valence electrons. The standard InChI is InChI=1S/C24H29FN2O3S/c1-16(2)21-7-6-20(14-24(21)30-19-9-11-26(4)12-10-19)31(28,29)27-15-17(3)22-13-18(25)5-8-23(22)27/h5-8,13-16,19H,9-12H2,1-4H3. The van der Waals surface area contributed by atoms with Gasteiger partial charge in [0.2, 0.25) is 0 Å². The summed E-state index contributed by atoms with van der Waals surface area (Å²) in [5.41, 5.74) is 2.16. The van der Waals surface area contributed by atoms with Gasteiger partial charge in [-0.3, -0.25) is 0 Å². The van der Waals surface area contributed by atoms with E-state index in [1.54, 1.807) is 25.3 Å². The molecule has 0 saturated carbocycles. The number of nitrogens with zero attached hydrogens (tertiary/aromatic N) is 2. The Bertz CT molecular complexity index is 1210. The number of likely N-dealkylation sites (tertiary alicyclic amines) is 1. The van der Waals surface area contributed by atoms with Gasteiger partial charge in [-0.2, -0.15) is 0 Å². The summed E-state index contributed by atoms with van der Waals surface area (Å²) in [6, 6.07) is 9.29. The van der Waals surface area contributed by atoms with Gasteiger partial charge in [0.05, 0.1) is 10.4 Å². The number of piperidine rings is 1. The lowest BCUT2D eigenvalue weighted by Gasteiger charge is -2.30. The number of aromatic nitrogens is 1. The molecular formula is C24H29FN2O3S. The van der Waals surface area contributed by atoms with Gasteiger partial charge in [0.25, 0.3) is 10.0 Å². The molecule has 0 radical (unpaired) electrons. The normalized spacial score (nSPS) is 16.3. The fourth-order valence-electron chi connectivity index (χ4n) is 4.18. The Hall–Kier alpha value is -2.38. The maximum Gasteiger partial charge on any atom is 0.268 e. The second-order valence-corrected chi connectivity index (χ2v) is 10.6. The molecule has 0 aliphatic carbocycles. The van der Waals surface area contributed by atoms with Gasteiger partial charge in [0.1, 0.15) is 17.7 Å². The highest BCUT2D eigenvalue weighted by atomic mass is 32.2. The second-order valence-electron chi connectivity index (χ2n) is 8.75. The van der Waals surface area contributed by atoms with E-state index >= 15 is 0 Å². The number of ether oxygens (including phenoxy) is 1. The van der Waals surface area contributed by atoms with Gasteiger partial charge in [-0.15, -0.1) is 0 Å². The SMILES string of the molecule is Cc1cn(S(=O)(=O)c2ccc(C(C)C)c(OC3CCN(C)CC3)c2)c2ccc(F)cc12. The van der Waals surface area contributed by atoms with E-state index in [-0.39, 0.29) is 22.7 Å². The number of halogens is 1. The fourth-order valence-corrected chi connectivity index (χ4v) is 5.62. The molecule has 0 atom stereocenters. The number of hydrogen-bond donors (Lipinski definition) is 0. The molecule has 5 nitrogen and oxygen atoms in total. The number of rotatable bonds is 5. The first-order chi connectivity index (χ1) is 14.7. The molecule has 2 aromatic carbocycles. The van der Waals surface area contributed by atoms with Crippen LogP contribution in [-0.4, -0.2) is 43.5 Å². The number of benzene rings is 2. The highest BCUT2D eigenvalue weighted by Crippen LogP contribution is 2.33. The van der Waals surface area contributed by atoms with Crippen molar-refractivity contribution < 1.29 is 17.5 Å². The van der Waals surface area contributed by atoms with Crippen LogP contribution in [0.25, 0.3) is 10.9 Å². The molecule has 0 unspecified atom stereocenters. The fraction of sp³-hybridized carbons (Fsp3) is 0.417. The van der Waals surface area contributed by atoms with E-state index in [2.05, 4.69) is 25.8 Å². The highest BCUT2D eigenvalue weighted by molar-refractivity contribution is 7.90. The summed E-state index contributed by atoms with van der Waals surface area (Å²) in [5, 5.41) is 0.588. The zero-order chi connectivity index (χ0) is 22.3. The third-order valence-corrected chi connectivity index (χ3v) is 7.72. The first-order valence-electron chi connectivity index (χ1n) is 10.7. The first-order valence-corrected chi connectivity index (χ1v) is 12.1. The third-order valence-electron chi connectivity index (χ3n) is 6.05. The predicted molar refractivity (Wildman–Crippen MR) is 121 cm³/mol. The summed E-state index contributed by atoms with van der Waals surface area (Å²) in [7, 11) is -1.77. The Kier molecular flexibility index (Phi) is 5.83. The molecule has 0 N–H and O–H groups in total. The zero-order valence-electron chi connectivity index (χ0n) is 18.4. The molecular weight excluding hydrogens is 415 g/mol. The van der Waals surface area contributed by atoms with Crippen LogP contribution in [-0.2, 0) is 10.0 Å². The van der Waals surface area contributed by atoms with E-state index in [1.807, 2.05) is 6.07 Å². The van der Waals surface area contributed by atoms with Crippen molar-refractivity contribution in [1.82, 2.24) is 8.87 Å². The van der Waals surface area contributed by atoms with Gasteiger partial charge in [-0.25, -0.2) is 16.8 Å². The molecule has 0 spiro atoms.